The highest BCUT2D eigenvalue weighted by atomic mass is 19.1. The van der Waals surface area contributed by atoms with Crippen LogP contribution in [0.5, 0.6) is 11.5 Å². The van der Waals surface area contributed by atoms with E-state index in [2.05, 4.69) is 6.92 Å². The molecule has 0 saturated carbocycles. The van der Waals surface area contributed by atoms with Crippen molar-refractivity contribution >= 4 is 11.8 Å². The van der Waals surface area contributed by atoms with E-state index in [1.54, 1.807) is 0 Å². The molecular weight excluding hydrogens is 505 g/mol. The zero-order valence-corrected chi connectivity index (χ0v) is 24.4. The number of hydrogen-bond donors (Lipinski definition) is 1. The summed E-state index contributed by atoms with van der Waals surface area (Å²) in [5, 5.41) is 10.2. The number of Topliss-reactive ketones (excluding diaryl/α,β-unsaturated/α-hetero) is 1. The summed E-state index contributed by atoms with van der Waals surface area (Å²) < 4.78 is 48.1. The van der Waals surface area contributed by atoms with Gasteiger partial charge in [-0.15, -0.1) is 0 Å². The highest BCUT2D eigenvalue weighted by molar-refractivity contribution is 6.01. The maximum Gasteiger partial charge on any atom is 0.311 e. The van der Waals surface area contributed by atoms with Crippen molar-refractivity contribution < 1.29 is 32.6 Å². The van der Waals surface area contributed by atoms with Crippen LogP contribution in [0, 0.1) is 11.6 Å². The summed E-state index contributed by atoms with van der Waals surface area (Å²) in [4.78, 5) is 24.4. The van der Waals surface area contributed by atoms with Gasteiger partial charge in [-0.2, -0.15) is 4.39 Å². The van der Waals surface area contributed by atoms with Crippen molar-refractivity contribution in [3.05, 3.63) is 22.8 Å². The van der Waals surface area contributed by atoms with Crippen LogP contribution < -0.4 is 4.74 Å². The normalized spacial score (nSPS) is 11.2. The number of unbranched alkanes of at least 4 members (excludes halogenated alkanes) is 17. The van der Waals surface area contributed by atoms with E-state index >= 15 is 4.39 Å². The molecule has 1 aromatic carbocycles. The fraction of sp³-hybridized carbons (Fsp3) is 0.750. The van der Waals surface area contributed by atoms with Crippen molar-refractivity contribution in [3.8, 4) is 11.5 Å². The lowest BCUT2D eigenvalue weighted by molar-refractivity contribution is -0.134. The number of rotatable bonds is 24. The molecule has 224 valence electrons. The minimum Gasteiger partial charge on any atom is -0.504 e. The van der Waals surface area contributed by atoms with Gasteiger partial charge in [0.25, 0.3) is 0 Å². The zero-order chi connectivity index (χ0) is 28.9. The number of halogens is 3. The Morgan fingerprint density at radius 1 is 0.667 bits per heavy atom. The fourth-order valence-electron chi connectivity index (χ4n) is 4.88. The van der Waals surface area contributed by atoms with Crippen LogP contribution in [-0.2, 0) is 11.2 Å². The van der Waals surface area contributed by atoms with Crippen molar-refractivity contribution in [2.45, 2.75) is 149 Å². The average molecular weight is 557 g/mol. The topological polar surface area (TPSA) is 63.6 Å². The second-order valence-electron chi connectivity index (χ2n) is 10.7. The standard InChI is InChI=1S/C32H51F3O4/c1-3-5-7-9-10-11-12-13-14-15-16-17-18-19-21-23-27(37)39-32-28(26(36)24-33)29(34)25(31(38)30(32)35)22-20-8-6-4-2/h38H,3-24H2,1-2H3. The van der Waals surface area contributed by atoms with Crippen LogP contribution in [0.2, 0.25) is 0 Å². The molecular formula is C32H51F3O4. The predicted octanol–water partition coefficient (Wildman–Crippen LogP) is 10.1. The van der Waals surface area contributed by atoms with Gasteiger partial charge in [-0.1, -0.05) is 123 Å². The van der Waals surface area contributed by atoms with E-state index in [1.165, 1.54) is 64.2 Å². The Bertz CT molecular complexity index is 841. The van der Waals surface area contributed by atoms with Gasteiger partial charge in [-0.3, -0.25) is 9.59 Å². The number of benzene rings is 1. The molecule has 0 spiro atoms. The number of carbonyl (C=O) groups excluding carboxylic acids is 2. The van der Waals surface area contributed by atoms with E-state index in [0.29, 0.717) is 12.8 Å². The fourth-order valence-corrected chi connectivity index (χ4v) is 4.88. The lowest BCUT2D eigenvalue weighted by Crippen LogP contribution is -2.16. The molecule has 1 rings (SSSR count). The Morgan fingerprint density at radius 2 is 1.10 bits per heavy atom. The Balaban J connectivity index is 2.41. The lowest BCUT2D eigenvalue weighted by atomic mass is 9.98. The number of phenols is 1. The molecule has 0 aliphatic carbocycles. The Kier molecular flexibility index (Phi) is 19.5. The zero-order valence-electron chi connectivity index (χ0n) is 24.4. The van der Waals surface area contributed by atoms with Gasteiger partial charge >= 0.3 is 5.97 Å². The number of phenolic OH excluding ortho intramolecular Hbond substituents is 1. The number of hydrogen-bond acceptors (Lipinski definition) is 4. The van der Waals surface area contributed by atoms with Crippen LogP contribution in [0.1, 0.15) is 158 Å². The third-order valence-electron chi connectivity index (χ3n) is 7.29. The summed E-state index contributed by atoms with van der Waals surface area (Å²) in [5.74, 6) is -6.79. The molecule has 0 radical (unpaired) electrons. The second-order valence-corrected chi connectivity index (χ2v) is 10.7. The van der Waals surface area contributed by atoms with Crippen LogP contribution in [0.3, 0.4) is 0 Å². The molecule has 1 aromatic rings. The minimum absolute atomic E-state index is 0.00545. The monoisotopic (exact) mass is 556 g/mol. The molecule has 0 bridgehead atoms. The summed E-state index contributed by atoms with van der Waals surface area (Å²) in [6.45, 7) is 2.66. The molecule has 0 saturated heterocycles. The molecule has 0 heterocycles. The number of alkyl halides is 1. The Morgan fingerprint density at radius 3 is 1.56 bits per heavy atom. The van der Waals surface area contributed by atoms with Crippen LogP contribution in [0.4, 0.5) is 13.2 Å². The van der Waals surface area contributed by atoms with Crippen LogP contribution in [0.15, 0.2) is 0 Å². The third kappa shape index (κ3) is 13.7. The first-order valence-corrected chi connectivity index (χ1v) is 15.4. The molecule has 0 unspecified atom stereocenters. The second kappa shape index (κ2) is 21.7. The minimum atomic E-state index is -1.57. The van der Waals surface area contributed by atoms with Crippen molar-refractivity contribution in [1.29, 1.82) is 0 Å². The van der Waals surface area contributed by atoms with Crippen LogP contribution >= 0.6 is 0 Å². The maximum absolute atomic E-state index is 15.1. The van der Waals surface area contributed by atoms with E-state index in [4.69, 9.17) is 4.74 Å². The summed E-state index contributed by atoms with van der Waals surface area (Å²) in [5.41, 5.74) is -1.33. The van der Waals surface area contributed by atoms with Crippen molar-refractivity contribution in [2.75, 3.05) is 6.67 Å². The highest BCUT2D eigenvalue weighted by Crippen LogP contribution is 2.38. The summed E-state index contributed by atoms with van der Waals surface area (Å²) in [6.07, 6.45) is 20.6. The summed E-state index contributed by atoms with van der Waals surface area (Å²) in [7, 11) is 0. The molecule has 4 nitrogen and oxygen atoms in total. The molecule has 1 N–H and O–H groups in total. The average Bonchev–Trinajstić information content (AvgIpc) is 2.93. The van der Waals surface area contributed by atoms with Crippen LogP contribution in [0.25, 0.3) is 0 Å². The van der Waals surface area contributed by atoms with E-state index in [9.17, 15) is 23.5 Å². The van der Waals surface area contributed by atoms with E-state index in [1.807, 2.05) is 6.92 Å². The van der Waals surface area contributed by atoms with Gasteiger partial charge in [0, 0.05) is 12.0 Å². The molecule has 0 aliphatic heterocycles. The number of aromatic hydroxyl groups is 1. The SMILES string of the molecule is CCCCCCCCCCCCCCCCCC(=O)Oc1c(F)c(O)c(CCCCCC)c(F)c1C(=O)CF. The number of ketones is 1. The van der Waals surface area contributed by atoms with Gasteiger partial charge in [0.05, 0.1) is 0 Å². The van der Waals surface area contributed by atoms with Gasteiger partial charge in [-0.05, 0) is 19.3 Å². The molecule has 0 aromatic heterocycles. The predicted molar refractivity (Wildman–Crippen MR) is 151 cm³/mol. The number of esters is 1. The van der Waals surface area contributed by atoms with Crippen molar-refractivity contribution in [2.24, 2.45) is 0 Å². The summed E-state index contributed by atoms with van der Waals surface area (Å²) >= 11 is 0. The Hall–Kier alpha value is -2.05. The van der Waals surface area contributed by atoms with E-state index in [0.717, 1.165) is 44.9 Å². The first-order chi connectivity index (χ1) is 18.9. The van der Waals surface area contributed by atoms with E-state index in [-0.39, 0.29) is 18.4 Å². The Labute approximate surface area is 234 Å². The molecule has 0 aliphatic rings. The lowest BCUT2D eigenvalue weighted by Gasteiger charge is -2.16. The van der Waals surface area contributed by atoms with Crippen LogP contribution in [-0.4, -0.2) is 23.5 Å². The number of ether oxygens (including phenoxy) is 1. The highest BCUT2D eigenvalue weighted by Gasteiger charge is 2.30. The smallest absolute Gasteiger partial charge is 0.311 e. The van der Waals surface area contributed by atoms with Gasteiger partial charge in [-0.25, -0.2) is 8.78 Å². The van der Waals surface area contributed by atoms with Crippen molar-refractivity contribution in [3.63, 3.8) is 0 Å². The molecule has 39 heavy (non-hydrogen) atoms. The van der Waals surface area contributed by atoms with Gasteiger partial charge < -0.3 is 9.84 Å². The third-order valence-corrected chi connectivity index (χ3v) is 7.29. The first kappa shape index (κ1) is 35.0. The van der Waals surface area contributed by atoms with Crippen molar-refractivity contribution in [1.82, 2.24) is 0 Å². The van der Waals surface area contributed by atoms with Gasteiger partial charge in [0.2, 0.25) is 11.6 Å². The number of carbonyl (C=O) groups is 2. The van der Waals surface area contributed by atoms with Gasteiger partial charge in [0.15, 0.2) is 18.2 Å². The first-order valence-electron chi connectivity index (χ1n) is 15.4. The largest absolute Gasteiger partial charge is 0.504 e. The van der Waals surface area contributed by atoms with E-state index < -0.39 is 47.1 Å². The maximum atomic E-state index is 15.1. The quantitative estimate of drug-likeness (QED) is 0.0595. The molecule has 0 amide bonds. The summed E-state index contributed by atoms with van der Waals surface area (Å²) in [6, 6.07) is 0. The molecule has 7 heteroatoms. The molecule has 0 atom stereocenters. The molecule has 0 fully saturated rings. The van der Waals surface area contributed by atoms with Gasteiger partial charge in [0.1, 0.15) is 11.4 Å².